The minimum Gasteiger partial charge on any atom is -0.546 e. The van der Waals surface area contributed by atoms with E-state index in [9.17, 15) is 4.79 Å². The Labute approximate surface area is 180 Å². The molecule has 0 bridgehead atoms. The van der Waals surface area contributed by atoms with E-state index >= 15 is 0 Å². The second-order valence-corrected chi connectivity index (χ2v) is 15.5. The molecule has 162 valence electrons. The van der Waals surface area contributed by atoms with Gasteiger partial charge in [-0.15, -0.1) is 0 Å². The Morgan fingerprint density at radius 2 is 1.52 bits per heavy atom. The van der Waals surface area contributed by atoms with Crippen molar-refractivity contribution in [3.05, 3.63) is 47.7 Å². The summed E-state index contributed by atoms with van der Waals surface area (Å²) >= 11 is 0. The molecule has 1 aromatic rings. The Bertz CT molecular complexity index is 666. The van der Waals surface area contributed by atoms with Gasteiger partial charge >= 0.3 is 0 Å². The summed E-state index contributed by atoms with van der Waals surface area (Å²) in [5.41, 5.74) is 2.52. The molecule has 2 nitrogen and oxygen atoms in total. The van der Waals surface area contributed by atoms with E-state index in [0.717, 1.165) is 24.2 Å². The fraction of sp³-hybridized carbons (Fsp3) is 0.654. The maximum atomic E-state index is 12.9. The van der Waals surface area contributed by atoms with E-state index in [2.05, 4.69) is 61.5 Å². The Morgan fingerprint density at radius 1 is 0.966 bits per heavy atom. The molecule has 0 radical (unpaired) electrons. The van der Waals surface area contributed by atoms with E-state index in [1.165, 1.54) is 0 Å². The highest BCUT2D eigenvalue weighted by Crippen LogP contribution is 2.46. The van der Waals surface area contributed by atoms with E-state index < -0.39 is 8.32 Å². The molecule has 0 N–H and O–H groups in total. The Kier molecular flexibility index (Phi) is 8.34. The average Bonchev–Trinajstić information content (AvgIpc) is 2.65. The Balaban J connectivity index is 2.30. The van der Waals surface area contributed by atoms with E-state index in [4.69, 9.17) is 4.43 Å². The lowest BCUT2D eigenvalue weighted by molar-refractivity contribution is 0.0939. The molecule has 0 fully saturated rings. The third-order valence-corrected chi connectivity index (χ3v) is 13.1. The fourth-order valence-electron chi connectivity index (χ4n) is 5.63. The molecular weight excluding hydrogens is 372 g/mol. The maximum absolute atomic E-state index is 12.9. The van der Waals surface area contributed by atoms with Gasteiger partial charge in [0.15, 0.2) is 5.78 Å². The van der Waals surface area contributed by atoms with Gasteiger partial charge in [-0.05, 0) is 46.9 Å². The predicted molar refractivity (Wildman–Crippen MR) is 127 cm³/mol. The molecule has 0 saturated carbocycles. The van der Waals surface area contributed by atoms with Crippen LogP contribution in [-0.4, -0.2) is 14.1 Å². The molecule has 0 amide bonds. The fourth-order valence-corrected chi connectivity index (χ4v) is 11.0. The van der Waals surface area contributed by atoms with Gasteiger partial charge in [-0.1, -0.05) is 85.7 Å². The van der Waals surface area contributed by atoms with Crippen LogP contribution in [0.5, 0.6) is 0 Å². The largest absolute Gasteiger partial charge is 0.546 e. The van der Waals surface area contributed by atoms with Crippen molar-refractivity contribution in [1.82, 2.24) is 0 Å². The molecule has 1 aliphatic carbocycles. The predicted octanol–water partition coefficient (Wildman–Crippen LogP) is 8.02. The zero-order valence-corrected chi connectivity index (χ0v) is 20.9. The van der Waals surface area contributed by atoms with Gasteiger partial charge in [0.1, 0.15) is 0 Å². The summed E-state index contributed by atoms with van der Waals surface area (Å²) in [6.45, 7) is 18.6. The number of rotatable bonds is 9. The zero-order valence-electron chi connectivity index (χ0n) is 19.9. The van der Waals surface area contributed by atoms with Crippen LogP contribution in [0, 0.1) is 17.8 Å². The van der Waals surface area contributed by atoms with Gasteiger partial charge in [0.2, 0.25) is 0 Å². The van der Waals surface area contributed by atoms with E-state index in [-0.39, 0.29) is 11.7 Å². The van der Waals surface area contributed by atoms with Crippen molar-refractivity contribution in [2.45, 2.75) is 91.3 Å². The molecule has 29 heavy (non-hydrogen) atoms. The van der Waals surface area contributed by atoms with Crippen molar-refractivity contribution in [3.8, 4) is 0 Å². The molecule has 0 spiro atoms. The van der Waals surface area contributed by atoms with Crippen molar-refractivity contribution in [2.24, 2.45) is 17.8 Å². The molecule has 2 atom stereocenters. The summed E-state index contributed by atoms with van der Waals surface area (Å²) in [5.74, 6) is 2.80. The first-order chi connectivity index (χ1) is 13.6. The van der Waals surface area contributed by atoms with Gasteiger partial charge in [-0.25, -0.2) is 0 Å². The van der Waals surface area contributed by atoms with Crippen LogP contribution in [0.2, 0.25) is 16.6 Å². The van der Waals surface area contributed by atoms with Crippen LogP contribution >= 0.6 is 0 Å². The molecular formula is C26H42O2Si. The molecule has 0 heterocycles. The third-order valence-electron chi connectivity index (χ3n) is 7.06. The molecule has 2 rings (SSSR count). The van der Waals surface area contributed by atoms with Gasteiger partial charge in [-0.2, -0.15) is 0 Å². The van der Waals surface area contributed by atoms with Crippen LogP contribution in [0.3, 0.4) is 0 Å². The lowest BCUT2D eigenvalue weighted by atomic mass is 9.74. The van der Waals surface area contributed by atoms with Gasteiger partial charge in [0.05, 0.1) is 5.76 Å². The van der Waals surface area contributed by atoms with Crippen LogP contribution in [0.15, 0.2) is 42.2 Å². The Hall–Kier alpha value is -1.35. The standard InChI is InChI=1S/C26H42O2Si/c1-18(2)25-15-14-24(28-29(19(3)4,20(5)6)21(7)8)16-23(25)17-26(27)22-12-10-9-11-13-22/h9-13,16,18-21,23,25H,14-15,17H2,1-8H3/t23-,25+/m0/s1. The normalized spacial score (nSPS) is 20.5. The molecule has 0 unspecified atom stereocenters. The lowest BCUT2D eigenvalue weighted by Gasteiger charge is -2.44. The number of hydrogen-bond acceptors (Lipinski definition) is 2. The second kappa shape index (κ2) is 10.1. The maximum Gasteiger partial charge on any atom is 0.258 e. The van der Waals surface area contributed by atoms with Crippen LogP contribution in [0.25, 0.3) is 0 Å². The molecule has 3 heteroatoms. The molecule has 0 saturated heterocycles. The minimum absolute atomic E-state index is 0.249. The molecule has 1 aromatic carbocycles. The zero-order chi connectivity index (χ0) is 21.8. The summed E-state index contributed by atoms with van der Waals surface area (Å²) in [7, 11) is -1.95. The number of allylic oxidation sites excluding steroid dienone is 2. The lowest BCUT2D eigenvalue weighted by Crippen LogP contribution is -2.47. The van der Waals surface area contributed by atoms with Gasteiger partial charge < -0.3 is 4.43 Å². The van der Waals surface area contributed by atoms with Gasteiger partial charge in [0.25, 0.3) is 8.32 Å². The summed E-state index contributed by atoms with van der Waals surface area (Å²) in [5, 5.41) is 0. The van der Waals surface area contributed by atoms with Crippen molar-refractivity contribution >= 4 is 14.1 Å². The third kappa shape index (κ3) is 5.42. The first-order valence-corrected chi connectivity index (χ1v) is 13.7. The smallest absolute Gasteiger partial charge is 0.258 e. The highest BCUT2D eigenvalue weighted by Gasteiger charge is 2.47. The van der Waals surface area contributed by atoms with Crippen LogP contribution < -0.4 is 0 Å². The minimum atomic E-state index is -1.95. The van der Waals surface area contributed by atoms with Crippen LogP contribution in [0.4, 0.5) is 0 Å². The quantitative estimate of drug-likeness (QED) is 0.302. The van der Waals surface area contributed by atoms with Gasteiger partial charge in [-0.3, -0.25) is 4.79 Å². The van der Waals surface area contributed by atoms with Gasteiger partial charge in [0, 0.05) is 18.4 Å². The summed E-state index contributed by atoms with van der Waals surface area (Å²) in [6, 6.07) is 9.74. The number of carbonyl (C=O) groups excluding carboxylic acids is 1. The van der Waals surface area contributed by atoms with E-state index in [1.807, 2.05) is 30.3 Å². The number of ketones is 1. The summed E-state index contributed by atoms with van der Waals surface area (Å²) in [6.07, 6.45) is 5.05. The van der Waals surface area contributed by atoms with Crippen LogP contribution in [0.1, 0.15) is 85.0 Å². The van der Waals surface area contributed by atoms with E-state index in [0.29, 0.717) is 34.9 Å². The summed E-state index contributed by atoms with van der Waals surface area (Å²) in [4.78, 5) is 12.9. The number of benzene rings is 1. The second-order valence-electron chi connectivity index (χ2n) is 10.2. The first-order valence-electron chi connectivity index (χ1n) is 11.6. The molecule has 0 aromatic heterocycles. The highest BCUT2D eigenvalue weighted by atomic mass is 28.4. The van der Waals surface area contributed by atoms with Crippen molar-refractivity contribution in [1.29, 1.82) is 0 Å². The average molecular weight is 415 g/mol. The van der Waals surface area contributed by atoms with Crippen molar-refractivity contribution < 1.29 is 9.22 Å². The van der Waals surface area contributed by atoms with Crippen LogP contribution in [-0.2, 0) is 4.43 Å². The number of hydrogen-bond donors (Lipinski definition) is 0. The highest BCUT2D eigenvalue weighted by molar-refractivity contribution is 6.77. The van der Waals surface area contributed by atoms with Crippen molar-refractivity contribution in [2.75, 3.05) is 0 Å². The first kappa shape index (κ1) is 23.9. The SMILES string of the molecule is CC(C)[C@H]1CCC(O[Si](C(C)C)(C(C)C)C(C)C)=C[C@H]1CC(=O)c1ccccc1. The van der Waals surface area contributed by atoms with Crippen molar-refractivity contribution in [3.63, 3.8) is 0 Å². The number of carbonyl (C=O) groups is 1. The molecule has 0 aliphatic heterocycles. The topological polar surface area (TPSA) is 26.3 Å². The summed E-state index contributed by atoms with van der Waals surface area (Å²) < 4.78 is 7.00. The van der Waals surface area contributed by atoms with E-state index in [1.54, 1.807) is 0 Å². The monoisotopic (exact) mass is 414 g/mol. The number of Topliss-reactive ketones (excluding diaryl/α,β-unsaturated/α-hetero) is 1. The Morgan fingerprint density at radius 3 is 2.00 bits per heavy atom. The molecule has 1 aliphatic rings.